The van der Waals surface area contributed by atoms with Crippen molar-refractivity contribution >= 4 is 23.1 Å². The average Bonchev–Trinajstić information content (AvgIpc) is 2.38. The zero-order chi connectivity index (χ0) is 13.4. The van der Waals surface area contributed by atoms with Gasteiger partial charge in [-0.1, -0.05) is 11.6 Å². The first-order chi connectivity index (χ1) is 9.15. The van der Waals surface area contributed by atoms with E-state index in [1.54, 1.807) is 12.3 Å². The third-order valence-electron chi connectivity index (χ3n) is 4.51. The van der Waals surface area contributed by atoms with Crippen LogP contribution >= 0.6 is 11.6 Å². The Kier molecular flexibility index (Phi) is 3.54. The highest BCUT2D eigenvalue weighted by Crippen LogP contribution is 2.33. The number of hydrogen-bond donors (Lipinski definition) is 1. The maximum absolute atomic E-state index is 6.05. The third-order valence-corrected chi connectivity index (χ3v) is 4.71. The molecule has 104 valence electrons. The number of hydrogen-bond acceptors (Lipinski definition) is 4. The fourth-order valence-electron chi connectivity index (χ4n) is 3.56. The first-order valence-electron chi connectivity index (χ1n) is 7.01. The summed E-state index contributed by atoms with van der Waals surface area (Å²) >= 11 is 5.92. The standard InChI is InChI=1S/C14H21ClN4/c1-18-5-2-3-10-9-19(6-4-13(10)18)14-12(16)7-11(15)8-17-14/h7-8,10,13H,2-6,9,16H2,1H3. The molecule has 0 bridgehead atoms. The summed E-state index contributed by atoms with van der Waals surface area (Å²) in [6, 6.07) is 2.53. The minimum atomic E-state index is 0.605. The predicted molar refractivity (Wildman–Crippen MR) is 79.6 cm³/mol. The van der Waals surface area contributed by atoms with Crippen LogP contribution in [0.5, 0.6) is 0 Å². The molecule has 2 aliphatic heterocycles. The molecular formula is C14H21ClN4. The Labute approximate surface area is 119 Å². The van der Waals surface area contributed by atoms with Crippen LogP contribution in [0.25, 0.3) is 0 Å². The van der Waals surface area contributed by atoms with Crippen LogP contribution in [-0.4, -0.2) is 42.6 Å². The Morgan fingerprint density at radius 1 is 1.37 bits per heavy atom. The summed E-state index contributed by atoms with van der Waals surface area (Å²) in [6.07, 6.45) is 5.51. The minimum Gasteiger partial charge on any atom is -0.396 e. The maximum atomic E-state index is 6.05. The molecule has 3 heterocycles. The molecule has 0 aromatic carbocycles. The van der Waals surface area contributed by atoms with Gasteiger partial charge in [0.1, 0.15) is 0 Å². The summed E-state index contributed by atoms with van der Waals surface area (Å²) in [4.78, 5) is 9.26. The van der Waals surface area contributed by atoms with E-state index in [9.17, 15) is 0 Å². The number of fused-ring (bicyclic) bond motifs is 1. The van der Waals surface area contributed by atoms with Crippen LogP contribution < -0.4 is 10.6 Å². The highest BCUT2D eigenvalue weighted by molar-refractivity contribution is 6.30. The number of nitrogen functional groups attached to an aromatic ring is 1. The molecule has 1 aromatic rings. The normalized spacial score (nSPS) is 28.2. The van der Waals surface area contributed by atoms with Gasteiger partial charge in [0.2, 0.25) is 0 Å². The van der Waals surface area contributed by atoms with E-state index in [-0.39, 0.29) is 0 Å². The quantitative estimate of drug-likeness (QED) is 0.857. The molecule has 2 atom stereocenters. The van der Waals surface area contributed by atoms with Gasteiger partial charge in [0, 0.05) is 25.3 Å². The predicted octanol–water partition coefficient (Wildman–Crippen LogP) is 2.24. The lowest BCUT2D eigenvalue weighted by Gasteiger charge is -2.46. The van der Waals surface area contributed by atoms with Gasteiger partial charge < -0.3 is 15.5 Å². The van der Waals surface area contributed by atoms with E-state index < -0.39 is 0 Å². The highest BCUT2D eigenvalue weighted by atomic mass is 35.5. The number of nitrogens with zero attached hydrogens (tertiary/aromatic N) is 3. The van der Waals surface area contributed by atoms with Gasteiger partial charge in [0.05, 0.1) is 10.7 Å². The summed E-state index contributed by atoms with van der Waals surface area (Å²) in [7, 11) is 2.25. The van der Waals surface area contributed by atoms with Crippen molar-refractivity contribution in [3.63, 3.8) is 0 Å². The Bertz CT molecular complexity index is 465. The summed E-state index contributed by atoms with van der Waals surface area (Å²) in [5.41, 5.74) is 6.74. The zero-order valence-corrected chi connectivity index (χ0v) is 12.1. The molecule has 3 rings (SSSR count). The Balaban J connectivity index is 1.77. The van der Waals surface area contributed by atoms with Gasteiger partial charge in [-0.2, -0.15) is 0 Å². The monoisotopic (exact) mass is 280 g/mol. The smallest absolute Gasteiger partial charge is 0.151 e. The second-order valence-electron chi connectivity index (χ2n) is 5.75. The number of rotatable bonds is 1. The van der Waals surface area contributed by atoms with Crippen LogP contribution in [0.2, 0.25) is 5.02 Å². The van der Waals surface area contributed by atoms with E-state index in [1.165, 1.54) is 25.8 Å². The molecule has 0 radical (unpaired) electrons. The summed E-state index contributed by atoms with van der Waals surface area (Å²) in [6.45, 7) is 3.33. The molecule has 1 aromatic heterocycles. The topological polar surface area (TPSA) is 45.4 Å². The number of nitrogens with two attached hydrogens (primary N) is 1. The van der Waals surface area contributed by atoms with Crippen LogP contribution in [0.4, 0.5) is 11.5 Å². The van der Waals surface area contributed by atoms with Crippen molar-refractivity contribution in [2.24, 2.45) is 5.92 Å². The van der Waals surface area contributed by atoms with E-state index in [0.717, 1.165) is 30.9 Å². The largest absolute Gasteiger partial charge is 0.396 e. The molecule has 5 heteroatoms. The number of aromatic nitrogens is 1. The lowest BCUT2D eigenvalue weighted by atomic mass is 9.84. The van der Waals surface area contributed by atoms with E-state index in [0.29, 0.717) is 10.7 Å². The summed E-state index contributed by atoms with van der Waals surface area (Å²) in [5.74, 6) is 1.64. The Morgan fingerprint density at radius 3 is 3.00 bits per heavy atom. The maximum Gasteiger partial charge on any atom is 0.151 e. The molecular weight excluding hydrogens is 260 g/mol. The van der Waals surface area contributed by atoms with Gasteiger partial charge >= 0.3 is 0 Å². The second kappa shape index (κ2) is 5.17. The average molecular weight is 281 g/mol. The number of pyridine rings is 1. The van der Waals surface area contributed by atoms with Gasteiger partial charge in [-0.3, -0.25) is 0 Å². The van der Waals surface area contributed by atoms with Crippen molar-refractivity contribution < 1.29 is 0 Å². The first kappa shape index (κ1) is 13.0. The first-order valence-corrected chi connectivity index (χ1v) is 7.39. The lowest BCUT2D eigenvalue weighted by Crippen LogP contribution is -2.53. The van der Waals surface area contributed by atoms with Crippen molar-refractivity contribution in [3.8, 4) is 0 Å². The number of piperidine rings is 2. The Morgan fingerprint density at radius 2 is 2.21 bits per heavy atom. The van der Waals surface area contributed by atoms with E-state index in [4.69, 9.17) is 17.3 Å². The van der Waals surface area contributed by atoms with Crippen LogP contribution in [0.15, 0.2) is 12.3 Å². The third kappa shape index (κ3) is 2.51. The van der Waals surface area contributed by atoms with Crippen molar-refractivity contribution in [1.82, 2.24) is 9.88 Å². The fraction of sp³-hybridized carbons (Fsp3) is 0.643. The number of likely N-dealkylation sites (tertiary alicyclic amines) is 1. The SMILES string of the molecule is CN1CCCC2CN(c3ncc(Cl)cc3N)CCC21. The number of anilines is 2. The zero-order valence-electron chi connectivity index (χ0n) is 11.3. The van der Waals surface area contributed by atoms with E-state index in [2.05, 4.69) is 21.8 Å². The lowest BCUT2D eigenvalue weighted by molar-refractivity contribution is 0.102. The van der Waals surface area contributed by atoms with Crippen molar-refractivity contribution in [2.45, 2.75) is 25.3 Å². The summed E-state index contributed by atoms with van der Waals surface area (Å²) in [5, 5.41) is 0.605. The van der Waals surface area contributed by atoms with Crippen LogP contribution in [0.3, 0.4) is 0 Å². The second-order valence-corrected chi connectivity index (χ2v) is 6.19. The van der Waals surface area contributed by atoms with Crippen LogP contribution in [-0.2, 0) is 0 Å². The molecule has 0 saturated carbocycles. The van der Waals surface area contributed by atoms with Crippen LogP contribution in [0, 0.1) is 5.92 Å². The molecule has 2 unspecified atom stereocenters. The van der Waals surface area contributed by atoms with Crippen molar-refractivity contribution in [2.75, 3.05) is 37.3 Å². The van der Waals surface area contributed by atoms with Gasteiger partial charge in [-0.25, -0.2) is 4.98 Å². The minimum absolute atomic E-state index is 0.605. The highest BCUT2D eigenvalue weighted by Gasteiger charge is 2.34. The molecule has 4 nitrogen and oxygen atoms in total. The van der Waals surface area contributed by atoms with E-state index >= 15 is 0 Å². The number of halogens is 1. The molecule has 2 aliphatic rings. The Hall–Kier alpha value is -1.00. The molecule has 2 N–H and O–H groups in total. The van der Waals surface area contributed by atoms with Gasteiger partial charge in [0.25, 0.3) is 0 Å². The molecule has 19 heavy (non-hydrogen) atoms. The van der Waals surface area contributed by atoms with E-state index in [1.807, 2.05) is 0 Å². The summed E-state index contributed by atoms with van der Waals surface area (Å²) < 4.78 is 0. The fourth-order valence-corrected chi connectivity index (χ4v) is 3.72. The van der Waals surface area contributed by atoms with Crippen LogP contribution in [0.1, 0.15) is 19.3 Å². The van der Waals surface area contributed by atoms with Gasteiger partial charge in [0.15, 0.2) is 5.82 Å². The van der Waals surface area contributed by atoms with Gasteiger partial charge in [-0.05, 0) is 44.8 Å². The molecule has 0 amide bonds. The molecule has 0 spiro atoms. The van der Waals surface area contributed by atoms with Crippen molar-refractivity contribution in [3.05, 3.63) is 17.3 Å². The van der Waals surface area contributed by atoms with Gasteiger partial charge in [-0.15, -0.1) is 0 Å². The molecule has 2 saturated heterocycles. The molecule has 2 fully saturated rings. The van der Waals surface area contributed by atoms with Crippen molar-refractivity contribution in [1.29, 1.82) is 0 Å². The molecule has 0 aliphatic carbocycles.